The van der Waals surface area contributed by atoms with Crippen molar-refractivity contribution in [3.05, 3.63) is 51.3 Å². The Kier molecular flexibility index (Phi) is 6.89. The van der Waals surface area contributed by atoms with Gasteiger partial charge in [0.25, 0.3) is 5.56 Å². The number of ether oxygens (including phenoxy) is 2. The minimum absolute atomic E-state index is 0.0865. The van der Waals surface area contributed by atoms with Gasteiger partial charge in [-0.1, -0.05) is 13.3 Å². The highest BCUT2D eigenvalue weighted by molar-refractivity contribution is 5.98. The highest BCUT2D eigenvalue weighted by atomic mass is 16.6. The number of carbonyl (C=O) groups excluding carboxylic acids is 2. The van der Waals surface area contributed by atoms with Gasteiger partial charge in [-0.3, -0.25) is 4.79 Å². The molecule has 226 valence electrons. The van der Waals surface area contributed by atoms with E-state index >= 15 is 0 Å². The Labute approximate surface area is 249 Å². The van der Waals surface area contributed by atoms with Gasteiger partial charge in [0.15, 0.2) is 11.4 Å². The molecule has 3 aromatic rings. The Morgan fingerprint density at radius 2 is 1.91 bits per heavy atom. The second kappa shape index (κ2) is 10.6. The van der Waals surface area contributed by atoms with Crippen LogP contribution in [0.25, 0.3) is 22.3 Å². The first kappa shape index (κ1) is 27.8. The molecule has 0 saturated carbocycles. The van der Waals surface area contributed by atoms with E-state index < -0.39 is 11.6 Å². The third-order valence-corrected chi connectivity index (χ3v) is 9.73. The number of anilines is 1. The number of piperidine rings is 2. The van der Waals surface area contributed by atoms with Gasteiger partial charge in [0.1, 0.15) is 6.61 Å². The lowest BCUT2D eigenvalue weighted by molar-refractivity contribution is -0.172. The molecule has 7 rings (SSSR count). The molecule has 4 aliphatic heterocycles. The molecule has 11 nitrogen and oxygen atoms in total. The molecule has 0 spiro atoms. The summed E-state index contributed by atoms with van der Waals surface area (Å²) < 4.78 is 12.7. The summed E-state index contributed by atoms with van der Waals surface area (Å²) in [5.41, 5.74) is 1.69. The van der Waals surface area contributed by atoms with Crippen molar-refractivity contribution in [2.75, 3.05) is 38.5 Å². The number of nitrogens with one attached hydrogen (secondary N) is 1. The number of amides is 1. The van der Waals surface area contributed by atoms with Gasteiger partial charge in [0, 0.05) is 42.7 Å². The summed E-state index contributed by atoms with van der Waals surface area (Å²) in [5, 5.41) is 15.1. The number of fused-ring (bicyclic) bond motifs is 5. The Hall–Kier alpha value is -3.96. The van der Waals surface area contributed by atoms with Gasteiger partial charge in [0.05, 0.1) is 34.7 Å². The molecule has 0 aliphatic carbocycles. The summed E-state index contributed by atoms with van der Waals surface area (Å²) in [4.78, 5) is 48.4. The van der Waals surface area contributed by atoms with Gasteiger partial charge in [-0.15, -0.1) is 0 Å². The predicted molar refractivity (Wildman–Crippen MR) is 160 cm³/mol. The van der Waals surface area contributed by atoms with Gasteiger partial charge in [-0.05, 0) is 69.5 Å². The Balaban J connectivity index is 1.16. The van der Waals surface area contributed by atoms with Crippen molar-refractivity contribution in [3.63, 3.8) is 0 Å². The van der Waals surface area contributed by atoms with Gasteiger partial charge in [-0.2, -0.15) is 0 Å². The molecule has 1 atom stereocenters. The van der Waals surface area contributed by atoms with Crippen molar-refractivity contribution in [3.8, 4) is 17.1 Å². The molecule has 2 fully saturated rings. The number of nitrogens with zero attached hydrogens (tertiary/aromatic N) is 4. The van der Waals surface area contributed by atoms with E-state index in [0.717, 1.165) is 36.9 Å². The zero-order chi connectivity index (χ0) is 29.9. The standard InChI is InChI=1S/C32H37N5O6/c1-3-32(41)23-16-25-27-19(17-37(25)29(38)22(23)18-42-30(32)39)15-21-24(34-27)7-8-26(28(21)33-2)43-31(40)36-13-9-20(10-14-36)35-11-5-4-6-12-35/h7-8,15-16,20,33,41H,3-6,9-14,17-18H2,1-2H3/t32-/m0/s1. The first-order chi connectivity index (χ1) is 20.8. The second-order valence-corrected chi connectivity index (χ2v) is 12.0. The molecule has 0 radical (unpaired) electrons. The number of benzene rings is 1. The fraction of sp³-hybridized carbons (Fsp3) is 0.500. The number of hydrogen-bond acceptors (Lipinski definition) is 9. The van der Waals surface area contributed by atoms with Crippen LogP contribution in [0.5, 0.6) is 5.75 Å². The lowest BCUT2D eigenvalue weighted by Crippen LogP contribution is -2.48. The first-order valence-electron chi connectivity index (χ1n) is 15.3. The van der Waals surface area contributed by atoms with Crippen LogP contribution in [0.2, 0.25) is 0 Å². The third kappa shape index (κ3) is 4.48. The van der Waals surface area contributed by atoms with Crippen molar-refractivity contribution in [1.82, 2.24) is 19.4 Å². The van der Waals surface area contributed by atoms with Crippen LogP contribution in [0.3, 0.4) is 0 Å². The SMILES string of the molecule is CC[C@@]1(O)C(=O)OCc2c1cc1n(c2=O)Cc2cc3c(NC)c(OC(=O)N4CCC(N5CCCCC5)CC4)ccc3nc2-1. The van der Waals surface area contributed by atoms with Crippen LogP contribution in [0, 0.1) is 0 Å². The number of pyridine rings is 2. The number of esters is 1. The second-order valence-electron chi connectivity index (χ2n) is 12.0. The van der Waals surface area contributed by atoms with Gasteiger partial charge in [-0.25, -0.2) is 14.6 Å². The average Bonchev–Trinajstić information content (AvgIpc) is 3.40. The lowest BCUT2D eigenvalue weighted by atomic mass is 9.86. The molecular formula is C32H37N5O6. The molecule has 1 aromatic carbocycles. The number of aliphatic hydroxyl groups is 1. The lowest BCUT2D eigenvalue weighted by Gasteiger charge is -2.39. The van der Waals surface area contributed by atoms with Crippen LogP contribution in [-0.2, 0) is 28.3 Å². The van der Waals surface area contributed by atoms with Crippen LogP contribution in [0.15, 0.2) is 29.1 Å². The maximum absolute atomic E-state index is 13.5. The highest BCUT2D eigenvalue weighted by Gasteiger charge is 2.45. The number of hydrogen-bond donors (Lipinski definition) is 2. The fourth-order valence-corrected chi connectivity index (χ4v) is 7.23. The minimum Gasteiger partial charge on any atom is -0.458 e. The molecule has 0 bridgehead atoms. The predicted octanol–water partition coefficient (Wildman–Crippen LogP) is 3.57. The minimum atomic E-state index is -1.87. The monoisotopic (exact) mass is 587 g/mol. The molecule has 1 amide bonds. The normalized spacial score (nSPS) is 22.1. The molecule has 6 heterocycles. The largest absolute Gasteiger partial charge is 0.458 e. The molecule has 11 heteroatoms. The summed E-state index contributed by atoms with van der Waals surface area (Å²) in [6.07, 6.45) is 5.49. The van der Waals surface area contributed by atoms with Crippen LogP contribution < -0.4 is 15.6 Å². The van der Waals surface area contributed by atoms with E-state index in [4.69, 9.17) is 14.5 Å². The van der Waals surface area contributed by atoms with Crippen molar-refractivity contribution < 1.29 is 24.2 Å². The average molecular weight is 588 g/mol. The van der Waals surface area contributed by atoms with Gasteiger partial charge in [0.2, 0.25) is 0 Å². The molecular weight excluding hydrogens is 550 g/mol. The van der Waals surface area contributed by atoms with Crippen molar-refractivity contribution in [2.24, 2.45) is 0 Å². The maximum atomic E-state index is 13.5. The smallest absolute Gasteiger partial charge is 0.415 e. The number of rotatable bonds is 4. The summed E-state index contributed by atoms with van der Waals surface area (Å²) in [6.45, 7) is 5.48. The molecule has 2 saturated heterocycles. The number of likely N-dealkylation sites (tertiary alicyclic amines) is 2. The summed E-state index contributed by atoms with van der Waals surface area (Å²) in [7, 11) is 1.78. The maximum Gasteiger partial charge on any atom is 0.415 e. The van der Waals surface area contributed by atoms with Crippen LogP contribution >= 0.6 is 0 Å². The summed E-state index contributed by atoms with van der Waals surface area (Å²) in [5.74, 6) is -0.324. The van der Waals surface area contributed by atoms with E-state index in [1.807, 2.05) is 6.07 Å². The Bertz CT molecular complexity index is 1690. The number of cyclic esters (lactones) is 1. The Morgan fingerprint density at radius 3 is 2.63 bits per heavy atom. The van der Waals surface area contributed by atoms with Gasteiger partial charge >= 0.3 is 12.1 Å². The molecule has 43 heavy (non-hydrogen) atoms. The third-order valence-electron chi connectivity index (χ3n) is 9.73. The van der Waals surface area contributed by atoms with Crippen molar-refractivity contribution >= 4 is 28.7 Å². The van der Waals surface area contributed by atoms with E-state index in [-0.39, 0.29) is 42.4 Å². The zero-order valence-electron chi connectivity index (χ0n) is 24.6. The quantitative estimate of drug-likeness (QED) is 0.345. The van der Waals surface area contributed by atoms with Crippen LogP contribution in [-0.4, -0.2) is 75.8 Å². The van der Waals surface area contributed by atoms with Crippen LogP contribution in [0.1, 0.15) is 62.1 Å². The first-order valence-corrected chi connectivity index (χ1v) is 15.3. The van der Waals surface area contributed by atoms with Crippen LogP contribution in [0.4, 0.5) is 10.5 Å². The Morgan fingerprint density at radius 1 is 1.14 bits per heavy atom. The molecule has 0 unspecified atom stereocenters. The van der Waals surface area contributed by atoms with E-state index in [0.29, 0.717) is 47.5 Å². The molecule has 2 N–H and O–H groups in total. The van der Waals surface area contributed by atoms with E-state index in [2.05, 4.69) is 10.2 Å². The highest BCUT2D eigenvalue weighted by Crippen LogP contribution is 2.41. The van der Waals surface area contributed by atoms with E-state index in [1.54, 1.807) is 41.6 Å². The number of carbonyl (C=O) groups is 2. The topological polar surface area (TPSA) is 126 Å². The van der Waals surface area contributed by atoms with Crippen molar-refractivity contribution in [1.29, 1.82) is 0 Å². The number of aromatic nitrogens is 2. The zero-order valence-corrected chi connectivity index (χ0v) is 24.6. The summed E-state index contributed by atoms with van der Waals surface area (Å²) >= 11 is 0. The molecule has 4 aliphatic rings. The van der Waals surface area contributed by atoms with E-state index in [9.17, 15) is 19.5 Å². The van der Waals surface area contributed by atoms with Gasteiger partial charge < -0.3 is 34.3 Å². The fourth-order valence-electron chi connectivity index (χ4n) is 7.23. The molecule has 2 aromatic heterocycles. The summed E-state index contributed by atoms with van der Waals surface area (Å²) in [6, 6.07) is 7.75. The van der Waals surface area contributed by atoms with E-state index in [1.165, 1.54) is 19.3 Å². The van der Waals surface area contributed by atoms with Crippen molar-refractivity contribution in [2.45, 2.75) is 70.2 Å².